The van der Waals surface area contributed by atoms with Crippen molar-refractivity contribution in [2.45, 2.75) is 48.0 Å². The Morgan fingerprint density at radius 3 is 2.33 bits per heavy atom. The van der Waals surface area contributed by atoms with Crippen LogP contribution in [0.3, 0.4) is 0 Å². The Bertz CT molecular complexity index is 719. The minimum Gasteiger partial charge on any atom is -0.496 e. The van der Waals surface area contributed by atoms with Gasteiger partial charge in [-0.15, -0.1) is 0 Å². The molecule has 0 unspecified atom stereocenters. The average Bonchev–Trinajstić information content (AvgIpc) is 2.54. The van der Waals surface area contributed by atoms with Gasteiger partial charge in [0.05, 0.1) is 7.11 Å². The number of carboxylic acids is 1. The second-order valence-electron chi connectivity index (χ2n) is 6.09. The van der Waals surface area contributed by atoms with Crippen LogP contribution in [-0.2, 0) is 4.79 Å². The molecular formula is C21H28O3. The summed E-state index contributed by atoms with van der Waals surface area (Å²) in [6.45, 7) is 11.8. The van der Waals surface area contributed by atoms with Crippen LogP contribution in [0.5, 0.6) is 5.75 Å². The zero-order valence-corrected chi connectivity index (χ0v) is 15.8. The van der Waals surface area contributed by atoms with Gasteiger partial charge in [0.15, 0.2) is 0 Å². The molecule has 24 heavy (non-hydrogen) atoms. The lowest BCUT2D eigenvalue weighted by molar-refractivity contribution is -0.132. The molecule has 0 atom stereocenters. The maximum Gasteiger partial charge on any atom is 0.331 e. The lowest BCUT2D eigenvalue weighted by Gasteiger charge is -2.13. The monoisotopic (exact) mass is 328 g/mol. The fourth-order valence-corrected chi connectivity index (χ4v) is 2.68. The van der Waals surface area contributed by atoms with Gasteiger partial charge in [0.1, 0.15) is 5.75 Å². The normalized spacial score (nSPS) is 13.2. The van der Waals surface area contributed by atoms with Crippen LogP contribution >= 0.6 is 0 Å². The van der Waals surface area contributed by atoms with E-state index in [0.29, 0.717) is 12.0 Å². The highest BCUT2D eigenvalue weighted by molar-refractivity contribution is 5.87. The van der Waals surface area contributed by atoms with Crippen LogP contribution in [-0.4, -0.2) is 18.2 Å². The molecule has 0 saturated carbocycles. The third-order valence-corrected chi connectivity index (χ3v) is 4.43. The predicted molar refractivity (Wildman–Crippen MR) is 101 cm³/mol. The standard InChI is InChI=1S/C21H28O3/c1-8-18(17(6)21(22)23)11-13(2)9-10-19-14(3)12-20(24-7)16(5)15(19)4/h9-12H,8H2,1-7H3,(H,22,23). The molecule has 1 rings (SSSR count). The quantitative estimate of drug-likeness (QED) is 0.562. The molecule has 0 aliphatic rings. The maximum absolute atomic E-state index is 11.1. The number of carbonyl (C=O) groups is 1. The first kappa shape index (κ1) is 19.8. The van der Waals surface area contributed by atoms with Gasteiger partial charge in [0.25, 0.3) is 0 Å². The second kappa shape index (κ2) is 8.53. The average molecular weight is 328 g/mol. The van der Waals surface area contributed by atoms with E-state index in [1.165, 1.54) is 11.1 Å². The molecule has 0 saturated heterocycles. The predicted octanol–water partition coefficient (Wildman–Crippen LogP) is 5.39. The summed E-state index contributed by atoms with van der Waals surface area (Å²) < 4.78 is 5.41. The first-order valence-corrected chi connectivity index (χ1v) is 8.17. The molecule has 0 fully saturated rings. The molecule has 0 heterocycles. The highest BCUT2D eigenvalue weighted by Crippen LogP contribution is 2.28. The Morgan fingerprint density at radius 2 is 1.83 bits per heavy atom. The Kier molecular flexibility index (Phi) is 7.02. The van der Waals surface area contributed by atoms with Crippen LogP contribution in [0.1, 0.15) is 49.4 Å². The van der Waals surface area contributed by atoms with Crippen LogP contribution < -0.4 is 4.74 Å². The number of rotatable bonds is 6. The molecular weight excluding hydrogens is 300 g/mol. The van der Waals surface area contributed by atoms with Gasteiger partial charge in [-0.25, -0.2) is 4.79 Å². The summed E-state index contributed by atoms with van der Waals surface area (Å²) in [5, 5.41) is 9.14. The van der Waals surface area contributed by atoms with Crippen LogP contribution in [0.2, 0.25) is 0 Å². The molecule has 1 aromatic carbocycles. The SMILES string of the molecule is CCC(C=C(C)C=Cc1c(C)cc(OC)c(C)c1C)=C(C)C(=O)O. The molecule has 130 valence electrons. The number of benzene rings is 1. The van der Waals surface area contributed by atoms with E-state index in [1.54, 1.807) is 14.0 Å². The third kappa shape index (κ3) is 4.60. The molecule has 0 radical (unpaired) electrons. The molecule has 3 nitrogen and oxygen atoms in total. The first-order chi connectivity index (χ1) is 11.2. The highest BCUT2D eigenvalue weighted by atomic mass is 16.5. The molecule has 0 aliphatic carbocycles. The van der Waals surface area contributed by atoms with Gasteiger partial charge < -0.3 is 9.84 Å². The highest BCUT2D eigenvalue weighted by Gasteiger charge is 2.09. The summed E-state index contributed by atoms with van der Waals surface area (Å²) in [5.41, 5.74) is 6.95. The summed E-state index contributed by atoms with van der Waals surface area (Å²) in [6, 6.07) is 2.05. The number of hydrogen-bond donors (Lipinski definition) is 1. The van der Waals surface area contributed by atoms with E-state index in [9.17, 15) is 4.79 Å². The van der Waals surface area contributed by atoms with Crippen LogP contribution in [0.25, 0.3) is 6.08 Å². The van der Waals surface area contributed by atoms with Crippen molar-refractivity contribution in [2.75, 3.05) is 7.11 Å². The minimum absolute atomic E-state index is 0.401. The number of aliphatic carboxylic acids is 1. The second-order valence-corrected chi connectivity index (χ2v) is 6.09. The number of methoxy groups -OCH3 is 1. The summed E-state index contributed by atoms with van der Waals surface area (Å²) in [4.78, 5) is 11.1. The number of ether oxygens (including phenoxy) is 1. The molecule has 0 aromatic heterocycles. The molecule has 3 heteroatoms. The molecule has 0 aliphatic heterocycles. The fraction of sp³-hybridized carbons (Fsp3) is 0.381. The lowest BCUT2D eigenvalue weighted by atomic mass is 9.96. The molecule has 1 aromatic rings. The first-order valence-electron chi connectivity index (χ1n) is 8.17. The Morgan fingerprint density at radius 1 is 1.21 bits per heavy atom. The van der Waals surface area contributed by atoms with Crippen molar-refractivity contribution in [3.8, 4) is 5.75 Å². The van der Waals surface area contributed by atoms with E-state index in [-0.39, 0.29) is 0 Å². The smallest absolute Gasteiger partial charge is 0.331 e. The van der Waals surface area contributed by atoms with Gasteiger partial charge in [0.2, 0.25) is 0 Å². The summed E-state index contributed by atoms with van der Waals surface area (Å²) in [5.74, 6) is 0.0417. The van der Waals surface area contributed by atoms with Gasteiger partial charge in [-0.3, -0.25) is 0 Å². The maximum atomic E-state index is 11.1. The van der Waals surface area contributed by atoms with Crippen LogP contribution in [0, 0.1) is 20.8 Å². The van der Waals surface area contributed by atoms with Crippen molar-refractivity contribution in [1.82, 2.24) is 0 Å². The van der Waals surface area contributed by atoms with Crippen molar-refractivity contribution >= 4 is 12.0 Å². The van der Waals surface area contributed by atoms with E-state index in [4.69, 9.17) is 9.84 Å². The van der Waals surface area contributed by atoms with Crippen LogP contribution in [0.15, 0.2) is 34.9 Å². The summed E-state index contributed by atoms with van der Waals surface area (Å²) in [7, 11) is 1.69. The largest absolute Gasteiger partial charge is 0.496 e. The number of carboxylic acid groups (broad SMARTS) is 1. The fourth-order valence-electron chi connectivity index (χ4n) is 2.68. The lowest BCUT2D eigenvalue weighted by Crippen LogP contribution is -1.99. The van der Waals surface area contributed by atoms with Gasteiger partial charge in [-0.05, 0) is 74.9 Å². The summed E-state index contributed by atoms with van der Waals surface area (Å²) >= 11 is 0. The van der Waals surface area contributed by atoms with Gasteiger partial charge >= 0.3 is 5.97 Å². The Labute approximate surface area is 145 Å². The van der Waals surface area contributed by atoms with E-state index in [0.717, 1.165) is 28.0 Å². The molecule has 0 bridgehead atoms. The van der Waals surface area contributed by atoms with E-state index < -0.39 is 5.97 Å². The van der Waals surface area contributed by atoms with Gasteiger partial charge in [0, 0.05) is 5.57 Å². The minimum atomic E-state index is -0.864. The molecule has 0 spiro atoms. The number of hydrogen-bond acceptors (Lipinski definition) is 2. The van der Waals surface area contributed by atoms with Crippen LogP contribution in [0.4, 0.5) is 0 Å². The van der Waals surface area contributed by atoms with Gasteiger partial charge in [-0.1, -0.05) is 30.7 Å². The third-order valence-electron chi connectivity index (χ3n) is 4.43. The van der Waals surface area contributed by atoms with Crippen molar-refractivity contribution in [2.24, 2.45) is 0 Å². The Hall–Kier alpha value is -2.29. The van der Waals surface area contributed by atoms with E-state index in [1.807, 2.05) is 32.1 Å². The molecule has 0 amide bonds. The zero-order valence-electron chi connectivity index (χ0n) is 15.8. The van der Waals surface area contributed by atoms with Crippen molar-refractivity contribution in [1.29, 1.82) is 0 Å². The Balaban J connectivity index is 3.22. The van der Waals surface area contributed by atoms with E-state index >= 15 is 0 Å². The topological polar surface area (TPSA) is 46.5 Å². The van der Waals surface area contributed by atoms with Gasteiger partial charge in [-0.2, -0.15) is 0 Å². The van der Waals surface area contributed by atoms with Crippen molar-refractivity contribution in [3.05, 3.63) is 57.2 Å². The number of allylic oxidation sites excluding steroid dienone is 4. The van der Waals surface area contributed by atoms with Crippen molar-refractivity contribution in [3.63, 3.8) is 0 Å². The van der Waals surface area contributed by atoms with Crippen molar-refractivity contribution < 1.29 is 14.6 Å². The number of aryl methyl sites for hydroxylation is 1. The zero-order chi connectivity index (χ0) is 18.4. The van der Waals surface area contributed by atoms with E-state index in [2.05, 4.69) is 26.8 Å². The molecule has 1 N–H and O–H groups in total. The summed E-state index contributed by atoms with van der Waals surface area (Å²) in [6.07, 6.45) is 6.77.